The first-order valence-electron chi connectivity index (χ1n) is 7.71. The lowest BCUT2D eigenvalue weighted by atomic mass is 10.0. The molecule has 0 saturated carbocycles. The maximum absolute atomic E-state index is 13.6. The van der Waals surface area contributed by atoms with Gasteiger partial charge in [-0.3, -0.25) is 4.79 Å². The van der Waals surface area contributed by atoms with Crippen LogP contribution in [-0.2, 0) is 0 Å². The van der Waals surface area contributed by atoms with Crippen molar-refractivity contribution in [3.8, 4) is 5.75 Å². The molecule has 25 heavy (non-hydrogen) atoms. The van der Waals surface area contributed by atoms with Crippen molar-refractivity contribution in [2.45, 2.75) is 6.04 Å². The molecule has 0 radical (unpaired) electrons. The topological polar surface area (TPSA) is 41.6 Å². The largest absolute Gasteiger partial charge is 0.496 e. The molecule has 4 nitrogen and oxygen atoms in total. The minimum atomic E-state index is -0.519. The molecule has 1 N–H and O–H groups in total. The summed E-state index contributed by atoms with van der Waals surface area (Å²) in [4.78, 5) is 14.7. The van der Waals surface area contributed by atoms with Crippen LogP contribution in [0.15, 0.2) is 42.5 Å². The molecule has 1 heterocycles. The molecule has 3 rings (SSSR count). The number of halogens is 3. The third kappa shape index (κ3) is 4.24. The number of ether oxygens (including phenoxy) is 1. The SMILES string of the molecule is COc1ccccc1C1CNCCN1C(=O)c1cc(F)cc(Cl)c1.Cl. The lowest BCUT2D eigenvalue weighted by Crippen LogP contribution is -2.48. The van der Waals surface area contributed by atoms with Gasteiger partial charge in [0.1, 0.15) is 11.6 Å². The number of nitrogens with one attached hydrogen (secondary N) is 1. The number of carbonyl (C=O) groups is 1. The van der Waals surface area contributed by atoms with Crippen molar-refractivity contribution in [3.05, 3.63) is 64.4 Å². The van der Waals surface area contributed by atoms with E-state index in [2.05, 4.69) is 5.32 Å². The number of methoxy groups -OCH3 is 1. The zero-order valence-corrected chi connectivity index (χ0v) is 15.2. The molecule has 2 aromatic carbocycles. The molecule has 7 heteroatoms. The van der Waals surface area contributed by atoms with E-state index < -0.39 is 5.82 Å². The molecule has 0 spiro atoms. The Balaban J connectivity index is 0.00000225. The Kier molecular flexibility index (Phi) is 6.64. The van der Waals surface area contributed by atoms with Gasteiger partial charge in [-0.2, -0.15) is 0 Å². The van der Waals surface area contributed by atoms with Crippen LogP contribution >= 0.6 is 24.0 Å². The maximum atomic E-state index is 13.6. The predicted octanol–water partition coefficient (Wildman–Crippen LogP) is 3.70. The van der Waals surface area contributed by atoms with Crippen LogP contribution in [0.25, 0.3) is 0 Å². The van der Waals surface area contributed by atoms with E-state index in [9.17, 15) is 9.18 Å². The zero-order chi connectivity index (χ0) is 17.1. The highest BCUT2D eigenvalue weighted by Gasteiger charge is 2.30. The summed E-state index contributed by atoms with van der Waals surface area (Å²) >= 11 is 5.89. The molecule has 1 atom stereocenters. The molecule has 2 aromatic rings. The molecule has 1 fully saturated rings. The fourth-order valence-corrected chi connectivity index (χ4v) is 3.23. The minimum Gasteiger partial charge on any atom is -0.496 e. The van der Waals surface area contributed by atoms with E-state index in [4.69, 9.17) is 16.3 Å². The Morgan fingerprint density at radius 1 is 1.32 bits per heavy atom. The number of rotatable bonds is 3. The van der Waals surface area contributed by atoms with Crippen LogP contribution in [0.4, 0.5) is 4.39 Å². The third-order valence-electron chi connectivity index (χ3n) is 4.11. The number of hydrogen-bond acceptors (Lipinski definition) is 3. The van der Waals surface area contributed by atoms with Crippen molar-refractivity contribution < 1.29 is 13.9 Å². The van der Waals surface area contributed by atoms with Crippen molar-refractivity contribution in [2.24, 2.45) is 0 Å². The second-order valence-electron chi connectivity index (χ2n) is 5.62. The molecule has 0 aromatic heterocycles. The van der Waals surface area contributed by atoms with E-state index in [0.29, 0.717) is 19.6 Å². The molecular weight excluding hydrogens is 366 g/mol. The van der Waals surface area contributed by atoms with Gasteiger partial charge in [0.2, 0.25) is 0 Å². The monoisotopic (exact) mass is 384 g/mol. The van der Waals surface area contributed by atoms with E-state index in [1.54, 1.807) is 12.0 Å². The fourth-order valence-electron chi connectivity index (χ4n) is 3.01. The van der Waals surface area contributed by atoms with Crippen LogP contribution in [0, 0.1) is 5.82 Å². The van der Waals surface area contributed by atoms with Gasteiger partial charge in [-0.25, -0.2) is 4.39 Å². The molecule has 1 aliphatic rings. The van der Waals surface area contributed by atoms with E-state index in [0.717, 1.165) is 11.3 Å². The van der Waals surface area contributed by atoms with Gasteiger partial charge in [-0.15, -0.1) is 12.4 Å². The van der Waals surface area contributed by atoms with Crippen molar-refractivity contribution in [2.75, 3.05) is 26.7 Å². The van der Waals surface area contributed by atoms with Crippen LogP contribution in [0.5, 0.6) is 5.75 Å². The fraction of sp³-hybridized carbons (Fsp3) is 0.278. The lowest BCUT2D eigenvalue weighted by molar-refractivity contribution is 0.0631. The number of amides is 1. The molecule has 1 amide bonds. The molecule has 0 bridgehead atoms. The van der Waals surface area contributed by atoms with E-state index >= 15 is 0 Å². The van der Waals surface area contributed by atoms with Gasteiger partial charge < -0.3 is 15.0 Å². The van der Waals surface area contributed by atoms with E-state index in [1.165, 1.54) is 18.2 Å². The van der Waals surface area contributed by atoms with Gasteiger partial charge in [-0.05, 0) is 24.3 Å². The summed E-state index contributed by atoms with van der Waals surface area (Å²) in [5.74, 6) is -0.0371. The molecule has 1 aliphatic heterocycles. The number of nitrogens with zero attached hydrogens (tertiary/aromatic N) is 1. The molecular formula is C18H19Cl2FN2O2. The highest BCUT2D eigenvalue weighted by atomic mass is 35.5. The quantitative estimate of drug-likeness (QED) is 0.876. The third-order valence-corrected chi connectivity index (χ3v) is 4.33. The highest BCUT2D eigenvalue weighted by molar-refractivity contribution is 6.31. The van der Waals surface area contributed by atoms with Gasteiger partial charge in [0, 0.05) is 35.8 Å². The first-order chi connectivity index (χ1) is 11.6. The van der Waals surface area contributed by atoms with Gasteiger partial charge >= 0.3 is 0 Å². The van der Waals surface area contributed by atoms with Crippen LogP contribution < -0.4 is 10.1 Å². The number of piperazine rings is 1. The van der Waals surface area contributed by atoms with Crippen LogP contribution in [-0.4, -0.2) is 37.6 Å². The average molecular weight is 385 g/mol. The second kappa shape index (κ2) is 8.52. The minimum absolute atomic E-state index is 0. The maximum Gasteiger partial charge on any atom is 0.254 e. The first-order valence-corrected chi connectivity index (χ1v) is 8.08. The van der Waals surface area contributed by atoms with Crippen LogP contribution in [0.3, 0.4) is 0 Å². The Bertz CT molecular complexity index is 737. The summed E-state index contributed by atoms with van der Waals surface area (Å²) in [5, 5.41) is 3.50. The molecule has 0 aliphatic carbocycles. The average Bonchev–Trinajstić information content (AvgIpc) is 2.60. The number of carbonyl (C=O) groups excluding carboxylic acids is 1. The van der Waals surface area contributed by atoms with E-state index in [-0.39, 0.29) is 34.9 Å². The van der Waals surface area contributed by atoms with E-state index in [1.807, 2.05) is 24.3 Å². The summed E-state index contributed by atoms with van der Waals surface area (Å²) in [7, 11) is 1.60. The number of para-hydroxylation sites is 1. The Hall–Kier alpha value is -1.82. The molecule has 1 unspecified atom stereocenters. The summed E-state index contributed by atoms with van der Waals surface area (Å²) in [6, 6.07) is 11.3. The van der Waals surface area contributed by atoms with Gasteiger partial charge in [0.15, 0.2) is 0 Å². The van der Waals surface area contributed by atoms with Crippen LogP contribution in [0.2, 0.25) is 5.02 Å². The van der Waals surface area contributed by atoms with Crippen molar-refractivity contribution >= 4 is 29.9 Å². The zero-order valence-electron chi connectivity index (χ0n) is 13.7. The molecule has 134 valence electrons. The predicted molar refractivity (Wildman–Crippen MR) is 98.3 cm³/mol. The van der Waals surface area contributed by atoms with Gasteiger partial charge in [0.25, 0.3) is 5.91 Å². The summed E-state index contributed by atoms with van der Waals surface area (Å²) in [5.41, 5.74) is 1.17. The normalized spacial score (nSPS) is 16.9. The summed E-state index contributed by atoms with van der Waals surface area (Å²) in [6.07, 6.45) is 0. The standard InChI is InChI=1S/C18H18ClFN2O2.ClH/c1-24-17-5-3-2-4-15(17)16-11-21-6-7-22(16)18(23)12-8-13(19)10-14(20)9-12;/h2-5,8-10,16,21H,6-7,11H2,1H3;1H. The first kappa shape index (κ1) is 19.5. The van der Waals surface area contributed by atoms with Crippen molar-refractivity contribution in [3.63, 3.8) is 0 Å². The van der Waals surface area contributed by atoms with Crippen molar-refractivity contribution in [1.29, 1.82) is 0 Å². The summed E-state index contributed by atoms with van der Waals surface area (Å²) in [6.45, 7) is 1.81. The Morgan fingerprint density at radius 3 is 2.80 bits per heavy atom. The van der Waals surface area contributed by atoms with Crippen LogP contribution in [0.1, 0.15) is 22.0 Å². The summed E-state index contributed by atoms with van der Waals surface area (Å²) < 4.78 is 19.0. The van der Waals surface area contributed by atoms with Crippen molar-refractivity contribution in [1.82, 2.24) is 10.2 Å². The smallest absolute Gasteiger partial charge is 0.254 e. The Morgan fingerprint density at radius 2 is 2.08 bits per heavy atom. The Labute approximate surface area is 157 Å². The lowest BCUT2D eigenvalue weighted by Gasteiger charge is -2.37. The molecule has 1 saturated heterocycles. The van der Waals surface area contributed by atoms with Gasteiger partial charge in [0.05, 0.1) is 13.2 Å². The second-order valence-corrected chi connectivity index (χ2v) is 6.05. The number of benzene rings is 2. The van der Waals surface area contributed by atoms with Gasteiger partial charge in [-0.1, -0.05) is 29.8 Å². The number of hydrogen-bond donors (Lipinski definition) is 1. The highest BCUT2D eigenvalue weighted by Crippen LogP contribution is 2.31.